The minimum absolute atomic E-state index is 0.135. The summed E-state index contributed by atoms with van der Waals surface area (Å²) in [5.74, 6) is -0.213. The lowest BCUT2D eigenvalue weighted by Gasteiger charge is -2.06. The van der Waals surface area contributed by atoms with Gasteiger partial charge < -0.3 is 15.4 Å². The van der Waals surface area contributed by atoms with Crippen LogP contribution in [-0.4, -0.2) is 16.8 Å². The number of carbonyl (C=O) groups excluding carboxylic acids is 2. The fraction of sp³-hybridized carbons (Fsp3) is 0.150. The molecule has 0 unspecified atom stereocenters. The number of carbonyl (C=O) groups is 2. The highest BCUT2D eigenvalue weighted by Crippen LogP contribution is 2.16. The molecule has 0 atom stereocenters. The molecule has 0 aliphatic rings. The smallest absolute Gasteiger partial charge is 0.271 e. The van der Waals surface area contributed by atoms with Gasteiger partial charge in [-0.3, -0.25) is 9.59 Å². The van der Waals surface area contributed by atoms with E-state index in [1.54, 1.807) is 17.5 Å². The number of hydrogen-bond acceptors (Lipinski definition) is 5. The molecule has 144 valence electrons. The maximum atomic E-state index is 12.9. The number of ether oxygens (including phenoxy) is 1. The summed E-state index contributed by atoms with van der Waals surface area (Å²) in [5, 5.41) is 7.80. The zero-order valence-corrected chi connectivity index (χ0v) is 15.9. The molecule has 3 aromatic rings. The third-order valence-electron chi connectivity index (χ3n) is 3.69. The van der Waals surface area contributed by atoms with Gasteiger partial charge in [0.1, 0.15) is 28.9 Å². The Labute approximate surface area is 165 Å². The van der Waals surface area contributed by atoms with Crippen LogP contribution in [0.4, 0.5) is 10.1 Å². The van der Waals surface area contributed by atoms with Gasteiger partial charge in [0.15, 0.2) is 0 Å². The van der Waals surface area contributed by atoms with E-state index in [9.17, 15) is 14.0 Å². The molecule has 2 N–H and O–H groups in total. The summed E-state index contributed by atoms with van der Waals surface area (Å²) < 4.78 is 18.4. The molecule has 0 aliphatic carbocycles. The Bertz CT molecular complexity index is 956. The van der Waals surface area contributed by atoms with E-state index in [0.717, 1.165) is 5.56 Å². The lowest BCUT2D eigenvalue weighted by molar-refractivity contribution is -0.114. The number of nitrogens with one attached hydrogen (secondary N) is 2. The number of anilines is 1. The fourth-order valence-electron chi connectivity index (χ4n) is 2.34. The number of rotatable bonds is 7. The molecule has 0 spiro atoms. The van der Waals surface area contributed by atoms with E-state index in [4.69, 9.17) is 4.74 Å². The van der Waals surface area contributed by atoms with Crippen molar-refractivity contribution < 1.29 is 18.7 Å². The molecule has 0 saturated carbocycles. The number of hydrogen-bond donors (Lipinski definition) is 2. The van der Waals surface area contributed by atoms with Gasteiger partial charge in [0.25, 0.3) is 5.91 Å². The van der Waals surface area contributed by atoms with Crippen LogP contribution in [0.15, 0.2) is 53.9 Å². The summed E-state index contributed by atoms with van der Waals surface area (Å²) in [6.07, 6.45) is 0. The largest absolute Gasteiger partial charge is 0.486 e. The monoisotopic (exact) mass is 399 g/mol. The van der Waals surface area contributed by atoms with Gasteiger partial charge in [-0.15, -0.1) is 11.3 Å². The molecular formula is C20H18FN3O3S. The molecule has 0 fully saturated rings. The lowest BCUT2D eigenvalue weighted by Crippen LogP contribution is -2.23. The molecule has 0 saturated heterocycles. The first-order chi connectivity index (χ1) is 13.5. The van der Waals surface area contributed by atoms with Gasteiger partial charge in [-0.25, -0.2) is 9.37 Å². The summed E-state index contributed by atoms with van der Waals surface area (Å²) in [7, 11) is 0. The average Bonchev–Trinajstić information content (AvgIpc) is 3.15. The Morgan fingerprint density at radius 3 is 2.50 bits per heavy atom. The molecule has 0 aliphatic heterocycles. The van der Waals surface area contributed by atoms with Gasteiger partial charge >= 0.3 is 0 Å². The molecule has 0 radical (unpaired) electrons. The third-order valence-corrected chi connectivity index (χ3v) is 4.51. The number of benzene rings is 2. The molecule has 6 nitrogen and oxygen atoms in total. The molecule has 2 amide bonds. The molecule has 0 bridgehead atoms. The Morgan fingerprint density at radius 2 is 1.82 bits per heavy atom. The number of thiazole rings is 1. The number of amides is 2. The number of halogens is 1. The summed E-state index contributed by atoms with van der Waals surface area (Å²) in [6.45, 7) is 1.99. The summed E-state index contributed by atoms with van der Waals surface area (Å²) in [6, 6.07) is 12.9. The van der Waals surface area contributed by atoms with Crippen LogP contribution in [0.1, 0.15) is 28.0 Å². The SMILES string of the molecule is CC(=O)Nc1ccc(CNC(=O)c2csc(COc3ccc(F)cc3)n2)cc1. The van der Waals surface area contributed by atoms with E-state index in [1.165, 1.54) is 42.5 Å². The van der Waals surface area contributed by atoms with Crippen molar-refractivity contribution in [2.45, 2.75) is 20.1 Å². The second-order valence-corrected chi connectivity index (χ2v) is 6.87. The van der Waals surface area contributed by atoms with Crippen LogP contribution in [0.2, 0.25) is 0 Å². The molecule has 1 heterocycles. The Morgan fingerprint density at radius 1 is 1.11 bits per heavy atom. The second-order valence-electron chi connectivity index (χ2n) is 5.93. The Kier molecular flexibility index (Phi) is 6.33. The first-order valence-corrected chi connectivity index (χ1v) is 9.35. The first-order valence-electron chi connectivity index (χ1n) is 8.47. The van der Waals surface area contributed by atoms with Gasteiger partial charge in [-0.2, -0.15) is 0 Å². The maximum absolute atomic E-state index is 12.9. The van der Waals surface area contributed by atoms with Crippen molar-refractivity contribution in [3.8, 4) is 5.75 Å². The summed E-state index contributed by atoms with van der Waals surface area (Å²) in [4.78, 5) is 27.5. The van der Waals surface area contributed by atoms with Crippen LogP contribution in [-0.2, 0) is 17.9 Å². The van der Waals surface area contributed by atoms with Crippen molar-refractivity contribution in [3.63, 3.8) is 0 Å². The normalized spacial score (nSPS) is 10.4. The van der Waals surface area contributed by atoms with Crippen molar-refractivity contribution in [2.24, 2.45) is 0 Å². The van der Waals surface area contributed by atoms with Crippen molar-refractivity contribution >= 4 is 28.8 Å². The van der Waals surface area contributed by atoms with Crippen molar-refractivity contribution in [1.82, 2.24) is 10.3 Å². The quantitative estimate of drug-likeness (QED) is 0.634. The van der Waals surface area contributed by atoms with Gasteiger partial charge in [0.2, 0.25) is 5.91 Å². The van der Waals surface area contributed by atoms with Crippen molar-refractivity contribution in [2.75, 3.05) is 5.32 Å². The lowest BCUT2D eigenvalue weighted by atomic mass is 10.2. The molecular weight excluding hydrogens is 381 g/mol. The average molecular weight is 399 g/mol. The summed E-state index contributed by atoms with van der Waals surface area (Å²) >= 11 is 1.32. The predicted molar refractivity (Wildman–Crippen MR) is 105 cm³/mol. The molecule has 28 heavy (non-hydrogen) atoms. The fourth-order valence-corrected chi connectivity index (χ4v) is 3.02. The predicted octanol–water partition coefficient (Wildman–Crippen LogP) is 3.75. The van der Waals surface area contributed by atoms with Gasteiger partial charge in [-0.1, -0.05) is 12.1 Å². The van der Waals surface area contributed by atoms with Crippen LogP contribution < -0.4 is 15.4 Å². The highest BCUT2D eigenvalue weighted by atomic mass is 32.1. The zero-order valence-electron chi connectivity index (χ0n) is 15.1. The number of aromatic nitrogens is 1. The van der Waals surface area contributed by atoms with E-state index in [2.05, 4.69) is 15.6 Å². The van der Waals surface area contributed by atoms with E-state index >= 15 is 0 Å². The van der Waals surface area contributed by atoms with Crippen LogP contribution in [0.25, 0.3) is 0 Å². The van der Waals surface area contributed by atoms with E-state index in [1.807, 2.05) is 12.1 Å². The Balaban J connectivity index is 1.49. The van der Waals surface area contributed by atoms with Gasteiger partial charge in [0, 0.05) is 24.5 Å². The van der Waals surface area contributed by atoms with Gasteiger partial charge in [-0.05, 0) is 42.0 Å². The third kappa shape index (κ3) is 5.62. The van der Waals surface area contributed by atoms with Crippen LogP contribution >= 0.6 is 11.3 Å². The maximum Gasteiger partial charge on any atom is 0.271 e. The molecule has 1 aromatic heterocycles. The van der Waals surface area contributed by atoms with E-state index in [-0.39, 0.29) is 24.2 Å². The molecule has 2 aromatic carbocycles. The molecule has 3 rings (SSSR count). The van der Waals surface area contributed by atoms with E-state index in [0.29, 0.717) is 28.7 Å². The minimum atomic E-state index is -0.328. The topological polar surface area (TPSA) is 80.3 Å². The minimum Gasteiger partial charge on any atom is -0.486 e. The van der Waals surface area contributed by atoms with Crippen LogP contribution in [0, 0.1) is 5.82 Å². The van der Waals surface area contributed by atoms with Crippen molar-refractivity contribution in [1.29, 1.82) is 0 Å². The highest BCUT2D eigenvalue weighted by Gasteiger charge is 2.11. The standard InChI is InChI=1S/C20H18FN3O3S/c1-13(25)23-16-6-2-14(3-7-16)10-22-20(26)18-12-28-19(24-18)11-27-17-8-4-15(21)5-9-17/h2-9,12H,10-11H2,1H3,(H,22,26)(H,23,25). The second kappa shape index (κ2) is 9.09. The van der Waals surface area contributed by atoms with Crippen LogP contribution in [0.3, 0.4) is 0 Å². The Hall–Kier alpha value is -3.26. The van der Waals surface area contributed by atoms with E-state index < -0.39 is 0 Å². The van der Waals surface area contributed by atoms with Gasteiger partial charge in [0.05, 0.1) is 0 Å². The first kappa shape index (κ1) is 19.5. The van der Waals surface area contributed by atoms with Crippen molar-refractivity contribution in [3.05, 3.63) is 76.0 Å². The zero-order chi connectivity index (χ0) is 19.9. The highest BCUT2D eigenvalue weighted by molar-refractivity contribution is 7.09. The van der Waals surface area contributed by atoms with Crippen LogP contribution in [0.5, 0.6) is 5.75 Å². The number of nitrogens with zero attached hydrogens (tertiary/aromatic N) is 1. The summed E-state index contributed by atoms with van der Waals surface area (Å²) in [5.41, 5.74) is 1.92. The molecule has 8 heteroatoms.